The van der Waals surface area contributed by atoms with E-state index in [1.54, 1.807) is 37.1 Å². The van der Waals surface area contributed by atoms with E-state index in [9.17, 15) is 4.79 Å². The molecule has 0 saturated heterocycles. The third-order valence-corrected chi connectivity index (χ3v) is 4.52. The van der Waals surface area contributed by atoms with Gasteiger partial charge in [-0.05, 0) is 42.5 Å². The van der Waals surface area contributed by atoms with Gasteiger partial charge in [0.15, 0.2) is 0 Å². The number of ether oxygens (including phenoxy) is 1. The Balaban J connectivity index is 1.81. The molecule has 0 aromatic heterocycles. The van der Waals surface area contributed by atoms with E-state index >= 15 is 0 Å². The molecule has 0 bridgehead atoms. The van der Waals surface area contributed by atoms with Gasteiger partial charge in [0, 0.05) is 15.4 Å². The number of benzene rings is 3. The van der Waals surface area contributed by atoms with E-state index in [0.717, 1.165) is 15.5 Å². The van der Waals surface area contributed by atoms with Crippen LogP contribution in [0.3, 0.4) is 0 Å². The second-order valence-corrected chi connectivity index (χ2v) is 6.21. The quantitative estimate of drug-likeness (QED) is 0.705. The smallest absolute Gasteiger partial charge is 0.255 e. The summed E-state index contributed by atoms with van der Waals surface area (Å²) in [5.74, 6) is 0.504. The fourth-order valence-electron chi connectivity index (χ4n) is 2.23. The van der Waals surface area contributed by atoms with Gasteiger partial charge in [0.2, 0.25) is 0 Å². The lowest BCUT2D eigenvalue weighted by molar-refractivity contribution is 0.102. The SMILES string of the molecule is COc1cccc(C(=O)Nc2ccccc2Sc2ccccc2)c1. The molecule has 4 heteroatoms. The number of carbonyl (C=O) groups is 1. The van der Waals surface area contributed by atoms with Gasteiger partial charge in [0.25, 0.3) is 5.91 Å². The van der Waals surface area contributed by atoms with Gasteiger partial charge in [0.1, 0.15) is 5.75 Å². The van der Waals surface area contributed by atoms with E-state index in [1.807, 2.05) is 60.7 Å². The van der Waals surface area contributed by atoms with Crippen molar-refractivity contribution in [2.24, 2.45) is 0 Å². The topological polar surface area (TPSA) is 38.3 Å². The third kappa shape index (κ3) is 3.97. The number of hydrogen-bond acceptors (Lipinski definition) is 3. The molecule has 0 spiro atoms. The molecule has 0 saturated carbocycles. The van der Waals surface area contributed by atoms with Crippen LogP contribution in [0.2, 0.25) is 0 Å². The molecule has 3 aromatic rings. The van der Waals surface area contributed by atoms with E-state index in [0.29, 0.717) is 11.3 Å². The van der Waals surface area contributed by atoms with Gasteiger partial charge >= 0.3 is 0 Å². The van der Waals surface area contributed by atoms with Gasteiger partial charge in [-0.3, -0.25) is 4.79 Å². The molecule has 0 atom stereocenters. The molecule has 0 aliphatic carbocycles. The van der Waals surface area contributed by atoms with Crippen LogP contribution in [0.1, 0.15) is 10.4 Å². The van der Waals surface area contributed by atoms with Crippen LogP contribution >= 0.6 is 11.8 Å². The van der Waals surface area contributed by atoms with Crippen molar-refractivity contribution in [1.29, 1.82) is 0 Å². The minimum atomic E-state index is -0.157. The second kappa shape index (κ2) is 7.70. The van der Waals surface area contributed by atoms with Crippen molar-refractivity contribution in [3.05, 3.63) is 84.4 Å². The molecule has 0 fully saturated rings. The zero-order valence-electron chi connectivity index (χ0n) is 13.2. The molecule has 0 heterocycles. The van der Waals surface area contributed by atoms with Crippen LogP contribution in [0, 0.1) is 0 Å². The van der Waals surface area contributed by atoms with E-state index in [-0.39, 0.29) is 5.91 Å². The molecule has 0 aliphatic heterocycles. The summed E-state index contributed by atoms with van der Waals surface area (Å²) in [7, 11) is 1.59. The number of nitrogens with one attached hydrogen (secondary N) is 1. The summed E-state index contributed by atoms with van der Waals surface area (Å²) < 4.78 is 5.17. The highest BCUT2D eigenvalue weighted by molar-refractivity contribution is 7.99. The molecule has 1 amide bonds. The first-order valence-electron chi connectivity index (χ1n) is 7.53. The first kappa shape index (κ1) is 16.1. The molecule has 0 unspecified atom stereocenters. The maximum atomic E-state index is 12.5. The molecule has 24 heavy (non-hydrogen) atoms. The van der Waals surface area contributed by atoms with Gasteiger partial charge in [-0.1, -0.05) is 48.2 Å². The fraction of sp³-hybridized carbons (Fsp3) is 0.0500. The van der Waals surface area contributed by atoms with Crippen molar-refractivity contribution in [3.63, 3.8) is 0 Å². The van der Waals surface area contributed by atoms with Crippen molar-refractivity contribution >= 4 is 23.4 Å². The molecule has 120 valence electrons. The van der Waals surface area contributed by atoms with Gasteiger partial charge in [0.05, 0.1) is 12.8 Å². The third-order valence-electron chi connectivity index (χ3n) is 3.44. The van der Waals surface area contributed by atoms with Crippen LogP contribution < -0.4 is 10.1 Å². The molecule has 3 aromatic carbocycles. The van der Waals surface area contributed by atoms with E-state index in [1.165, 1.54) is 0 Å². The Morgan fingerprint density at radius 1 is 0.917 bits per heavy atom. The predicted octanol–water partition coefficient (Wildman–Crippen LogP) is 5.10. The number of rotatable bonds is 5. The first-order chi connectivity index (χ1) is 11.8. The van der Waals surface area contributed by atoms with Crippen molar-refractivity contribution in [2.75, 3.05) is 12.4 Å². The standard InChI is InChI=1S/C20H17NO2S/c1-23-16-9-7-8-15(14-16)20(22)21-18-12-5-6-13-19(18)24-17-10-3-2-4-11-17/h2-14H,1H3,(H,21,22). The van der Waals surface area contributed by atoms with E-state index in [4.69, 9.17) is 4.74 Å². The monoisotopic (exact) mass is 335 g/mol. The average Bonchev–Trinajstić information content (AvgIpc) is 2.64. The van der Waals surface area contributed by atoms with Crippen LogP contribution in [0.5, 0.6) is 5.75 Å². The van der Waals surface area contributed by atoms with Gasteiger partial charge in [-0.2, -0.15) is 0 Å². The Morgan fingerprint density at radius 2 is 1.67 bits per heavy atom. The van der Waals surface area contributed by atoms with Gasteiger partial charge in [-0.25, -0.2) is 0 Å². The second-order valence-electron chi connectivity index (χ2n) is 5.10. The number of anilines is 1. The molecular formula is C20H17NO2S. The molecule has 0 aliphatic rings. The zero-order chi connectivity index (χ0) is 16.8. The molecule has 1 N–H and O–H groups in total. The highest BCUT2D eigenvalue weighted by Crippen LogP contribution is 2.33. The Labute approximate surface area is 145 Å². The molecule has 3 nitrogen and oxygen atoms in total. The normalized spacial score (nSPS) is 10.2. The maximum Gasteiger partial charge on any atom is 0.255 e. The molecule has 3 rings (SSSR count). The number of methoxy groups -OCH3 is 1. The minimum absolute atomic E-state index is 0.157. The first-order valence-corrected chi connectivity index (χ1v) is 8.35. The van der Waals surface area contributed by atoms with Gasteiger partial charge < -0.3 is 10.1 Å². The Bertz CT molecular complexity index is 834. The zero-order valence-corrected chi connectivity index (χ0v) is 14.0. The minimum Gasteiger partial charge on any atom is -0.497 e. The van der Waals surface area contributed by atoms with Crippen molar-refractivity contribution in [2.45, 2.75) is 9.79 Å². The van der Waals surface area contributed by atoms with E-state index in [2.05, 4.69) is 5.32 Å². The lowest BCUT2D eigenvalue weighted by Gasteiger charge is -2.11. The summed E-state index contributed by atoms with van der Waals surface area (Å²) in [6.07, 6.45) is 0. The lowest BCUT2D eigenvalue weighted by atomic mass is 10.2. The maximum absolute atomic E-state index is 12.5. The Kier molecular flexibility index (Phi) is 5.18. The number of carbonyl (C=O) groups excluding carboxylic acids is 1. The number of hydrogen-bond donors (Lipinski definition) is 1. The van der Waals surface area contributed by atoms with Crippen molar-refractivity contribution < 1.29 is 9.53 Å². The Morgan fingerprint density at radius 3 is 2.46 bits per heavy atom. The van der Waals surface area contributed by atoms with Crippen LogP contribution in [0.4, 0.5) is 5.69 Å². The summed E-state index contributed by atoms with van der Waals surface area (Å²) in [4.78, 5) is 14.6. The summed E-state index contributed by atoms with van der Waals surface area (Å²) in [6.45, 7) is 0. The summed E-state index contributed by atoms with van der Waals surface area (Å²) in [5.41, 5.74) is 1.35. The number of para-hydroxylation sites is 1. The van der Waals surface area contributed by atoms with Crippen LogP contribution in [0.15, 0.2) is 88.7 Å². The Hall–Kier alpha value is -2.72. The van der Waals surface area contributed by atoms with Crippen molar-refractivity contribution in [3.8, 4) is 5.75 Å². The highest BCUT2D eigenvalue weighted by atomic mass is 32.2. The average molecular weight is 335 g/mol. The lowest BCUT2D eigenvalue weighted by Crippen LogP contribution is -2.12. The fourth-order valence-corrected chi connectivity index (χ4v) is 3.16. The molecular weight excluding hydrogens is 318 g/mol. The summed E-state index contributed by atoms with van der Waals surface area (Å²) >= 11 is 1.62. The van der Waals surface area contributed by atoms with E-state index < -0.39 is 0 Å². The highest BCUT2D eigenvalue weighted by Gasteiger charge is 2.10. The van der Waals surface area contributed by atoms with Gasteiger partial charge in [-0.15, -0.1) is 0 Å². The summed E-state index contributed by atoms with van der Waals surface area (Å²) in [5, 5.41) is 2.98. The number of amides is 1. The van der Waals surface area contributed by atoms with Crippen LogP contribution in [0.25, 0.3) is 0 Å². The molecule has 0 radical (unpaired) electrons. The van der Waals surface area contributed by atoms with Crippen molar-refractivity contribution in [1.82, 2.24) is 0 Å². The predicted molar refractivity (Wildman–Crippen MR) is 98.0 cm³/mol. The summed E-state index contributed by atoms with van der Waals surface area (Å²) in [6, 6.07) is 25.0. The largest absolute Gasteiger partial charge is 0.497 e. The van der Waals surface area contributed by atoms with Crippen LogP contribution in [-0.4, -0.2) is 13.0 Å². The van der Waals surface area contributed by atoms with Crippen LogP contribution in [-0.2, 0) is 0 Å².